The molecule has 82 valence electrons. The van der Waals surface area contributed by atoms with Crippen LogP contribution < -0.4 is 4.74 Å². The van der Waals surface area contributed by atoms with Crippen LogP contribution in [-0.2, 0) is 0 Å². The lowest BCUT2D eigenvalue weighted by Gasteiger charge is -2.08. The molecule has 0 atom stereocenters. The number of hydrogen-bond donors (Lipinski definition) is 0. The van der Waals surface area contributed by atoms with Crippen molar-refractivity contribution < 1.29 is 4.74 Å². The monoisotopic (exact) mass is 213 g/mol. The molecule has 2 heteroatoms. The molecular formula is C14H15NO. The van der Waals surface area contributed by atoms with Gasteiger partial charge in [0.1, 0.15) is 5.75 Å². The van der Waals surface area contributed by atoms with Crippen LogP contribution in [0.25, 0.3) is 0 Å². The fourth-order valence-electron chi connectivity index (χ4n) is 1.44. The maximum Gasteiger partial charge on any atom is 0.219 e. The van der Waals surface area contributed by atoms with Crippen molar-refractivity contribution in [2.45, 2.75) is 20.8 Å². The number of nitrogens with zero attached hydrogens (tertiary/aromatic N) is 1. The third-order valence-corrected chi connectivity index (χ3v) is 2.44. The van der Waals surface area contributed by atoms with E-state index in [1.165, 1.54) is 5.56 Å². The highest BCUT2D eigenvalue weighted by Gasteiger charge is 2.02. The Bertz CT molecular complexity index is 489. The van der Waals surface area contributed by atoms with Crippen LogP contribution in [0.15, 0.2) is 36.5 Å². The Morgan fingerprint density at radius 3 is 2.38 bits per heavy atom. The molecule has 0 radical (unpaired) electrons. The Labute approximate surface area is 95.9 Å². The van der Waals surface area contributed by atoms with Crippen LogP contribution in [0.3, 0.4) is 0 Å². The van der Waals surface area contributed by atoms with Gasteiger partial charge in [0.15, 0.2) is 0 Å². The first-order valence-electron chi connectivity index (χ1n) is 5.33. The minimum atomic E-state index is 0.638. The molecule has 2 rings (SSSR count). The summed E-state index contributed by atoms with van der Waals surface area (Å²) in [5.41, 5.74) is 3.44. The summed E-state index contributed by atoms with van der Waals surface area (Å²) in [6, 6.07) is 10.0. The Morgan fingerprint density at radius 2 is 1.69 bits per heavy atom. The van der Waals surface area contributed by atoms with Gasteiger partial charge in [-0.2, -0.15) is 0 Å². The third-order valence-electron chi connectivity index (χ3n) is 2.44. The van der Waals surface area contributed by atoms with Gasteiger partial charge >= 0.3 is 0 Å². The van der Waals surface area contributed by atoms with Crippen molar-refractivity contribution in [3.05, 3.63) is 53.2 Å². The number of pyridine rings is 1. The molecule has 0 bridgehead atoms. The van der Waals surface area contributed by atoms with Gasteiger partial charge in [-0.15, -0.1) is 0 Å². The number of ether oxygens (including phenoxy) is 1. The highest BCUT2D eigenvalue weighted by molar-refractivity contribution is 5.38. The highest BCUT2D eigenvalue weighted by atomic mass is 16.5. The predicted molar refractivity (Wildman–Crippen MR) is 65.0 cm³/mol. The molecule has 0 saturated heterocycles. The molecule has 16 heavy (non-hydrogen) atoms. The van der Waals surface area contributed by atoms with Gasteiger partial charge in [-0.1, -0.05) is 18.2 Å². The van der Waals surface area contributed by atoms with Gasteiger partial charge in [0, 0.05) is 12.3 Å². The van der Waals surface area contributed by atoms with Crippen molar-refractivity contribution >= 4 is 0 Å². The van der Waals surface area contributed by atoms with Crippen LogP contribution in [0.1, 0.15) is 16.7 Å². The largest absolute Gasteiger partial charge is 0.439 e. The maximum absolute atomic E-state index is 5.73. The van der Waals surface area contributed by atoms with Gasteiger partial charge in [-0.05, 0) is 43.5 Å². The number of rotatable bonds is 2. The summed E-state index contributed by atoms with van der Waals surface area (Å²) >= 11 is 0. The third kappa shape index (κ3) is 2.40. The molecule has 0 saturated carbocycles. The standard InChI is InChI=1S/C14H15NO/c1-10-4-6-12(3)13(8-10)16-14-7-5-11(2)9-15-14/h4-9H,1-3H3. The van der Waals surface area contributed by atoms with Crippen LogP contribution in [0.2, 0.25) is 0 Å². The lowest BCUT2D eigenvalue weighted by atomic mass is 10.1. The molecule has 1 heterocycles. The summed E-state index contributed by atoms with van der Waals surface area (Å²) < 4.78 is 5.73. The molecule has 0 fully saturated rings. The van der Waals surface area contributed by atoms with Gasteiger partial charge < -0.3 is 4.74 Å². The average molecular weight is 213 g/mol. The van der Waals surface area contributed by atoms with Gasteiger partial charge in [-0.25, -0.2) is 4.98 Å². The zero-order valence-electron chi connectivity index (χ0n) is 9.82. The minimum Gasteiger partial charge on any atom is -0.439 e. The first kappa shape index (κ1) is 10.7. The summed E-state index contributed by atoms with van der Waals surface area (Å²) in [7, 11) is 0. The van der Waals surface area contributed by atoms with E-state index in [4.69, 9.17) is 4.74 Å². The van der Waals surface area contributed by atoms with Gasteiger partial charge in [-0.3, -0.25) is 0 Å². The number of aryl methyl sites for hydroxylation is 3. The summed E-state index contributed by atoms with van der Waals surface area (Å²) in [5.74, 6) is 1.51. The van der Waals surface area contributed by atoms with E-state index >= 15 is 0 Å². The molecule has 0 aliphatic heterocycles. The SMILES string of the molecule is Cc1ccc(Oc2cc(C)ccc2C)nc1. The van der Waals surface area contributed by atoms with Crippen LogP contribution in [0.4, 0.5) is 0 Å². The molecule has 2 nitrogen and oxygen atoms in total. The van der Waals surface area contributed by atoms with Crippen molar-refractivity contribution in [2.75, 3.05) is 0 Å². The summed E-state index contributed by atoms with van der Waals surface area (Å²) in [6.45, 7) is 6.09. The van der Waals surface area contributed by atoms with Gasteiger partial charge in [0.05, 0.1) is 0 Å². The van der Waals surface area contributed by atoms with E-state index in [0.29, 0.717) is 5.88 Å². The smallest absolute Gasteiger partial charge is 0.219 e. The molecule has 0 aliphatic rings. The Balaban J connectivity index is 2.26. The van der Waals surface area contributed by atoms with Crippen molar-refractivity contribution in [2.24, 2.45) is 0 Å². The van der Waals surface area contributed by atoms with E-state index < -0.39 is 0 Å². The van der Waals surface area contributed by atoms with E-state index in [1.807, 2.05) is 32.0 Å². The second kappa shape index (κ2) is 4.35. The zero-order valence-corrected chi connectivity index (χ0v) is 9.82. The van der Waals surface area contributed by atoms with Gasteiger partial charge in [0.2, 0.25) is 5.88 Å². The maximum atomic E-state index is 5.73. The molecule has 2 aromatic rings. The molecule has 0 amide bonds. The zero-order chi connectivity index (χ0) is 11.5. The van der Waals surface area contributed by atoms with Crippen molar-refractivity contribution in [3.63, 3.8) is 0 Å². The summed E-state index contributed by atoms with van der Waals surface area (Å²) in [4.78, 5) is 4.22. The average Bonchev–Trinajstić information content (AvgIpc) is 2.27. The second-order valence-corrected chi connectivity index (χ2v) is 4.04. The molecule has 0 aliphatic carbocycles. The van der Waals surface area contributed by atoms with Crippen LogP contribution >= 0.6 is 0 Å². The van der Waals surface area contributed by atoms with Crippen molar-refractivity contribution in [1.29, 1.82) is 0 Å². The fourth-order valence-corrected chi connectivity index (χ4v) is 1.44. The molecule has 0 unspecified atom stereocenters. The van der Waals surface area contributed by atoms with E-state index in [0.717, 1.165) is 16.9 Å². The minimum absolute atomic E-state index is 0.638. The Hall–Kier alpha value is -1.83. The van der Waals surface area contributed by atoms with E-state index in [2.05, 4.69) is 24.0 Å². The van der Waals surface area contributed by atoms with E-state index in [1.54, 1.807) is 6.20 Å². The topological polar surface area (TPSA) is 22.1 Å². The second-order valence-electron chi connectivity index (χ2n) is 4.04. The van der Waals surface area contributed by atoms with E-state index in [9.17, 15) is 0 Å². The first-order chi connectivity index (χ1) is 7.65. The highest BCUT2D eigenvalue weighted by Crippen LogP contribution is 2.24. The normalized spacial score (nSPS) is 10.2. The summed E-state index contributed by atoms with van der Waals surface area (Å²) in [6.07, 6.45) is 1.81. The van der Waals surface area contributed by atoms with Crippen LogP contribution in [0, 0.1) is 20.8 Å². The molecular weight excluding hydrogens is 198 g/mol. The molecule has 1 aromatic carbocycles. The molecule has 1 aromatic heterocycles. The first-order valence-corrected chi connectivity index (χ1v) is 5.33. The lowest BCUT2D eigenvalue weighted by molar-refractivity contribution is 0.459. The van der Waals surface area contributed by atoms with E-state index in [-0.39, 0.29) is 0 Å². The summed E-state index contributed by atoms with van der Waals surface area (Å²) in [5, 5.41) is 0. The molecule has 0 N–H and O–H groups in total. The van der Waals surface area contributed by atoms with Gasteiger partial charge in [0.25, 0.3) is 0 Å². The molecule has 0 spiro atoms. The van der Waals surface area contributed by atoms with Crippen molar-refractivity contribution in [3.8, 4) is 11.6 Å². The fraction of sp³-hybridized carbons (Fsp3) is 0.214. The number of aromatic nitrogens is 1. The predicted octanol–water partition coefficient (Wildman–Crippen LogP) is 3.80. The lowest BCUT2D eigenvalue weighted by Crippen LogP contribution is -1.91. The Morgan fingerprint density at radius 1 is 0.938 bits per heavy atom. The number of benzene rings is 1. The quantitative estimate of drug-likeness (QED) is 0.757. The van der Waals surface area contributed by atoms with Crippen LogP contribution in [0.5, 0.6) is 11.6 Å². The Kier molecular flexibility index (Phi) is 2.91. The number of hydrogen-bond acceptors (Lipinski definition) is 2. The van der Waals surface area contributed by atoms with Crippen LogP contribution in [-0.4, -0.2) is 4.98 Å². The van der Waals surface area contributed by atoms with Crippen molar-refractivity contribution in [1.82, 2.24) is 4.98 Å².